The monoisotopic (exact) mass is 567 g/mol. The molecule has 0 radical (unpaired) electrons. The van der Waals surface area contributed by atoms with Crippen LogP contribution in [-0.4, -0.2) is 24.4 Å². The van der Waals surface area contributed by atoms with E-state index in [1.807, 2.05) is 103 Å². The van der Waals surface area contributed by atoms with Gasteiger partial charge in [0, 0.05) is 11.1 Å². The number of fused-ring (bicyclic) bond motifs is 1. The van der Waals surface area contributed by atoms with Crippen molar-refractivity contribution >= 4 is 22.4 Å². The molecular weight excluding hydrogens is 542 g/mol. The van der Waals surface area contributed by atoms with E-state index >= 15 is 0 Å². The van der Waals surface area contributed by atoms with Crippen molar-refractivity contribution in [2.75, 3.05) is 0 Å². The molecule has 0 aliphatic heterocycles. The van der Waals surface area contributed by atoms with E-state index in [2.05, 4.69) is 40.4 Å². The van der Waals surface area contributed by atoms with Gasteiger partial charge in [0.05, 0.1) is 21.6 Å². The third kappa shape index (κ3) is 5.11. The van der Waals surface area contributed by atoms with Crippen LogP contribution in [0.1, 0.15) is 17.0 Å². The molecule has 0 unspecified atom stereocenters. The van der Waals surface area contributed by atoms with E-state index in [4.69, 9.17) is 9.84 Å². The number of rotatable bonds is 7. The molecule has 0 aliphatic carbocycles. The van der Waals surface area contributed by atoms with Crippen LogP contribution >= 0.6 is 11.3 Å². The second-order valence-electron chi connectivity index (χ2n) is 9.89. The van der Waals surface area contributed by atoms with Crippen LogP contribution in [0.2, 0.25) is 0 Å². The van der Waals surface area contributed by atoms with Gasteiger partial charge < -0.3 is 4.74 Å². The van der Waals surface area contributed by atoms with Crippen molar-refractivity contribution in [1.82, 2.24) is 24.4 Å². The quantitative estimate of drug-likeness (QED) is 0.233. The molecule has 7 nitrogen and oxygen atoms in total. The van der Waals surface area contributed by atoms with Gasteiger partial charge in [-0.2, -0.15) is 14.6 Å². The molecule has 0 atom stereocenters. The lowest BCUT2D eigenvalue weighted by molar-refractivity contribution is 0.296. The first-order valence-electron chi connectivity index (χ1n) is 13.5. The second-order valence-corrected chi connectivity index (χ2v) is 10.9. The van der Waals surface area contributed by atoms with Crippen LogP contribution in [0.3, 0.4) is 0 Å². The van der Waals surface area contributed by atoms with Gasteiger partial charge >= 0.3 is 0 Å². The van der Waals surface area contributed by atoms with Crippen LogP contribution < -0.4 is 14.8 Å². The predicted molar refractivity (Wildman–Crippen MR) is 166 cm³/mol. The van der Waals surface area contributed by atoms with Gasteiger partial charge in [-0.15, -0.1) is 5.10 Å². The number of aryl methyl sites for hydroxylation is 1. The van der Waals surface area contributed by atoms with E-state index in [0.29, 0.717) is 15.3 Å². The molecule has 0 saturated heterocycles. The van der Waals surface area contributed by atoms with E-state index in [-0.39, 0.29) is 12.2 Å². The Labute approximate surface area is 245 Å². The van der Waals surface area contributed by atoms with Crippen LogP contribution in [0.25, 0.3) is 39.2 Å². The predicted octanol–water partition coefficient (Wildman–Crippen LogP) is 6.11. The molecule has 0 saturated carbocycles. The molecule has 0 bridgehead atoms. The first-order valence-corrected chi connectivity index (χ1v) is 14.3. The van der Waals surface area contributed by atoms with Gasteiger partial charge in [0.15, 0.2) is 5.82 Å². The van der Waals surface area contributed by atoms with Crippen molar-refractivity contribution in [3.63, 3.8) is 0 Å². The summed E-state index contributed by atoms with van der Waals surface area (Å²) in [4.78, 5) is 18.1. The maximum absolute atomic E-state index is 13.1. The summed E-state index contributed by atoms with van der Waals surface area (Å²) in [6.45, 7) is 2.22. The Balaban J connectivity index is 1.16. The van der Waals surface area contributed by atoms with Crippen LogP contribution in [-0.2, 0) is 6.61 Å². The largest absolute Gasteiger partial charge is 0.486 e. The van der Waals surface area contributed by atoms with Crippen LogP contribution in [0, 0.1) is 6.92 Å². The summed E-state index contributed by atoms with van der Waals surface area (Å²) >= 11 is 1.31. The number of nitrogens with zero attached hydrogens (tertiary/aromatic N) is 5. The molecule has 0 fully saturated rings. The summed E-state index contributed by atoms with van der Waals surface area (Å²) in [5.41, 5.74) is 6.84. The minimum Gasteiger partial charge on any atom is -0.486 e. The van der Waals surface area contributed by atoms with Gasteiger partial charge in [-0.05, 0) is 48.9 Å². The summed E-state index contributed by atoms with van der Waals surface area (Å²) in [6, 6.07) is 38.3. The summed E-state index contributed by atoms with van der Waals surface area (Å²) < 4.78 is 9.65. The minimum absolute atomic E-state index is 0.195. The molecule has 0 spiro atoms. The molecule has 0 aliphatic rings. The zero-order chi connectivity index (χ0) is 28.5. The Morgan fingerprint density at radius 1 is 0.810 bits per heavy atom. The van der Waals surface area contributed by atoms with Crippen molar-refractivity contribution in [3.8, 4) is 34.0 Å². The molecule has 42 heavy (non-hydrogen) atoms. The van der Waals surface area contributed by atoms with E-state index in [9.17, 15) is 4.79 Å². The highest BCUT2D eigenvalue weighted by Gasteiger charge is 2.14. The van der Waals surface area contributed by atoms with Gasteiger partial charge in [0.2, 0.25) is 4.96 Å². The minimum atomic E-state index is -0.195. The second kappa shape index (κ2) is 10.9. The number of ether oxygens (including phenoxy) is 1. The van der Waals surface area contributed by atoms with E-state index in [1.54, 1.807) is 0 Å². The Morgan fingerprint density at radius 3 is 2.19 bits per heavy atom. The molecule has 0 amide bonds. The Kier molecular flexibility index (Phi) is 6.65. The van der Waals surface area contributed by atoms with Crippen molar-refractivity contribution < 1.29 is 4.74 Å². The molecule has 7 aromatic rings. The molecule has 3 heterocycles. The van der Waals surface area contributed by atoms with Crippen LogP contribution in [0.15, 0.2) is 120 Å². The summed E-state index contributed by atoms with van der Waals surface area (Å²) in [6.07, 6.45) is 1.87. The highest BCUT2D eigenvalue weighted by atomic mass is 32.1. The summed E-state index contributed by atoms with van der Waals surface area (Å²) in [5, 5.41) is 9.33. The maximum Gasteiger partial charge on any atom is 0.291 e. The standard InChI is InChI=1S/C34H25N5O2S/c1-23-12-18-28(19-13-23)41-22-32-35-34-39(37-32)33(40)31(42-34)20-24-14-16-27(17-15-24)38-30(26-10-6-3-7-11-26)21-29(36-38)25-8-4-2-5-9-25/h2-21H,22H2,1H3. The van der Waals surface area contributed by atoms with Gasteiger partial charge in [0.25, 0.3) is 5.56 Å². The Morgan fingerprint density at radius 2 is 1.50 bits per heavy atom. The average Bonchev–Trinajstić information content (AvgIpc) is 3.73. The lowest BCUT2D eigenvalue weighted by atomic mass is 10.1. The first kappa shape index (κ1) is 25.6. The van der Waals surface area contributed by atoms with Crippen LogP contribution in [0.5, 0.6) is 5.75 Å². The van der Waals surface area contributed by atoms with Gasteiger partial charge in [-0.3, -0.25) is 4.79 Å². The summed E-state index contributed by atoms with van der Waals surface area (Å²) in [5.74, 6) is 1.21. The Hall–Kier alpha value is -5.34. The average molecular weight is 568 g/mol. The molecule has 4 aromatic carbocycles. The highest BCUT2D eigenvalue weighted by Crippen LogP contribution is 2.28. The fourth-order valence-corrected chi connectivity index (χ4v) is 5.65. The van der Waals surface area contributed by atoms with Gasteiger partial charge in [-0.25, -0.2) is 4.68 Å². The third-order valence-corrected chi connectivity index (χ3v) is 7.86. The lowest BCUT2D eigenvalue weighted by Crippen LogP contribution is -2.23. The molecule has 0 N–H and O–H groups in total. The van der Waals surface area contributed by atoms with Gasteiger partial charge in [0.1, 0.15) is 12.4 Å². The smallest absolute Gasteiger partial charge is 0.291 e. The SMILES string of the molecule is Cc1ccc(OCc2nc3sc(=Cc4ccc(-n5nc(-c6ccccc6)cc5-c5ccccc5)cc4)c(=O)n3n2)cc1. The molecule has 204 valence electrons. The topological polar surface area (TPSA) is 74.3 Å². The van der Waals surface area contributed by atoms with Crippen LogP contribution in [0.4, 0.5) is 0 Å². The molecule has 3 aromatic heterocycles. The number of benzene rings is 4. The number of aromatic nitrogens is 5. The number of hydrogen-bond donors (Lipinski definition) is 0. The third-order valence-electron chi connectivity index (χ3n) is 6.90. The van der Waals surface area contributed by atoms with Crippen molar-refractivity contribution in [2.45, 2.75) is 13.5 Å². The summed E-state index contributed by atoms with van der Waals surface area (Å²) in [7, 11) is 0. The molecular formula is C34H25N5O2S. The van der Waals surface area contributed by atoms with Crippen molar-refractivity contribution in [2.24, 2.45) is 0 Å². The zero-order valence-corrected chi connectivity index (χ0v) is 23.5. The van der Waals surface area contributed by atoms with E-state index in [0.717, 1.165) is 45.1 Å². The zero-order valence-electron chi connectivity index (χ0n) is 22.7. The fourth-order valence-electron chi connectivity index (χ4n) is 4.72. The number of hydrogen-bond acceptors (Lipinski definition) is 6. The number of thiazole rings is 1. The van der Waals surface area contributed by atoms with Crippen molar-refractivity contribution in [3.05, 3.63) is 147 Å². The lowest BCUT2D eigenvalue weighted by Gasteiger charge is -2.08. The van der Waals surface area contributed by atoms with Gasteiger partial charge in [-0.1, -0.05) is 102 Å². The molecule has 7 rings (SSSR count). The Bertz CT molecular complexity index is 2100. The van der Waals surface area contributed by atoms with E-state index < -0.39 is 0 Å². The highest BCUT2D eigenvalue weighted by molar-refractivity contribution is 7.15. The normalized spacial score (nSPS) is 11.8. The van der Waals surface area contributed by atoms with Crippen molar-refractivity contribution in [1.29, 1.82) is 0 Å². The first-order chi connectivity index (χ1) is 20.6. The van der Waals surface area contributed by atoms with E-state index in [1.165, 1.54) is 15.9 Å². The molecule has 8 heteroatoms. The fraction of sp³-hybridized carbons (Fsp3) is 0.0588. The maximum atomic E-state index is 13.1.